The number of carbonyl (C=O) groups excluding carboxylic acids is 1. The van der Waals surface area contributed by atoms with Crippen molar-refractivity contribution in [2.75, 3.05) is 6.61 Å². The van der Waals surface area contributed by atoms with Crippen molar-refractivity contribution in [3.63, 3.8) is 0 Å². The van der Waals surface area contributed by atoms with E-state index in [4.69, 9.17) is 17.0 Å². The van der Waals surface area contributed by atoms with E-state index in [1.165, 1.54) is 6.92 Å². The Morgan fingerprint density at radius 1 is 1.55 bits per heavy atom. The molecule has 118 valence electrons. The Kier molecular flexibility index (Phi) is 5.08. The lowest BCUT2D eigenvalue weighted by atomic mass is 9.86. The molecule has 0 amide bonds. The average molecular weight is 385 g/mol. The second-order valence-corrected chi connectivity index (χ2v) is 6.23. The van der Waals surface area contributed by atoms with Crippen molar-refractivity contribution >= 4 is 39.0 Å². The van der Waals surface area contributed by atoms with Crippen molar-refractivity contribution in [3.8, 4) is 11.5 Å². The molecular weight excluding hydrogens is 368 g/mol. The fourth-order valence-corrected chi connectivity index (χ4v) is 3.20. The Hall–Kier alpha value is -1.60. The van der Waals surface area contributed by atoms with Crippen LogP contribution in [0.15, 0.2) is 28.9 Å². The van der Waals surface area contributed by atoms with Crippen LogP contribution in [0, 0.1) is 5.92 Å². The molecule has 3 N–H and O–H groups in total. The lowest BCUT2D eigenvalue weighted by Gasteiger charge is -2.35. The number of thiocarbonyl (C=S) groups is 1. The summed E-state index contributed by atoms with van der Waals surface area (Å²) >= 11 is 8.46. The van der Waals surface area contributed by atoms with Gasteiger partial charge in [0.25, 0.3) is 0 Å². The van der Waals surface area contributed by atoms with Crippen LogP contribution < -0.4 is 15.4 Å². The van der Waals surface area contributed by atoms with Crippen LogP contribution in [0.3, 0.4) is 0 Å². The number of phenols is 1. The maximum absolute atomic E-state index is 12.0. The maximum atomic E-state index is 12.0. The van der Waals surface area contributed by atoms with Crippen molar-refractivity contribution in [2.24, 2.45) is 5.92 Å². The summed E-state index contributed by atoms with van der Waals surface area (Å²) in [6, 6.07) is 3.08. The molecule has 1 aromatic carbocycles. The molecular formula is C15H17BrN2O3S. The van der Waals surface area contributed by atoms with Gasteiger partial charge in [0.05, 0.1) is 23.0 Å². The summed E-state index contributed by atoms with van der Waals surface area (Å²) in [5.74, 6) is -0.108. The van der Waals surface area contributed by atoms with Crippen LogP contribution in [0.4, 0.5) is 0 Å². The van der Waals surface area contributed by atoms with Gasteiger partial charge >= 0.3 is 0 Å². The monoisotopic (exact) mass is 384 g/mol. The van der Waals surface area contributed by atoms with E-state index in [2.05, 4.69) is 33.1 Å². The first-order chi connectivity index (χ1) is 10.3. The van der Waals surface area contributed by atoms with E-state index < -0.39 is 5.92 Å². The predicted molar refractivity (Wildman–Crippen MR) is 91.9 cm³/mol. The van der Waals surface area contributed by atoms with E-state index in [9.17, 15) is 9.90 Å². The van der Waals surface area contributed by atoms with Crippen LogP contribution in [0.25, 0.3) is 0 Å². The Morgan fingerprint density at radius 3 is 2.82 bits per heavy atom. The van der Waals surface area contributed by atoms with Crippen LogP contribution in [0.1, 0.15) is 25.5 Å². The van der Waals surface area contributed by atoms with Crippen molar-refractivity contribution in [2.45, 2.75) is 19.9 Å². The summed E-state index contributed by atoms with van der Waals surface area (Å²) in [4.78, 5) is 12.0. The van der Waals surface area contributed by atoms with E-state index in [-0.39, 0.29) is 17.6 Å². The number of nitrogens with one attached hydrogen (secondary N) is 2. The van der Waals surface area contributed by atoms with Crippen LogP contribution in [-0.2, 0) is 4.79 Å². The Bertz CT molecular complexity index is 648. The number of phenolic OH excluding ortho intramolecular Hbond substituents is 1. The predicted octanol–water partition coefficient (Wildman–Crippen LogP) is 2.79. The van der Waals surface area contributed by atoms with Crippen LogP contribution in [0.2, 0.25) is 0 Å². The topological polar surface area (TPSA) is 70.6 Å². The summed E-state index contributed by atoms with van der Waals surface area (Å²) in [5.41, 5.74) is 1.33. The summed E-state index contributed by atoms with van der Waals surface area (Å²) in [7, 11) is 0. The Balaban J connectivity index is 2.49. The highest BCUT2D eigenvalue weighted by atomic mass is 79.9. The fourth-order valence-electron chi connectivity index (χ4n) is 2.48. The number of hydrogen-bond acceptors (Lipinski definition) is 4. The van der Waals surface area contributed by atoms with Gasteiger partial charge in [-0.2, -0.15) is 0 Å². The second kappa shape index (κ2) is 6.66. The quantitative estimate of drug-likeness (QED) is 0.693. The van der Waals surface area contributed by atoms with Gasteiger partial charge in [0.2, 0.25) is 0 Å². The van der Waals surface area contributed by atoms with E-state index in [1.807, 2.05) is 6.92 Å². The average Bonchev–Trinajstić information content (AvgIpc) is 2.42. The van der Waals surface area contributed by atoms with Gasteiger partial charge in [0.1, 0.15) is 5.78 Å². The van der Waals surface area contributed by atoms with Crippen molar-refractivity contribution < 1.29 is 14.6 Å². The molecule has 1 aromatic rings. The second-order valence-electron chi connectivity index (χ2n) is 4.97. The number of Topliss-reactive ketones (excluding diaryl/α,β-unsaturated/α-hetero) is 1. The first-order valence-electron chi connectivity index (χ1n) is 6.77. The highest BCUT2D eigenvalue weighted by molar-refractivity contribution is 9.10. The SMILES string of the molecule is C=C1NC(=S)NC(c2cc(Br)c(O)c(OCC)c2)C1C(C)=O. The number of carbonyl (C=O) groups is 1. The molecule has 5 nitrogen and oxygen atoms in total. The molecule has 22 heavy (non-hydrogen) atoms. The smallest absolute Gasteiger partial charge is 0.172 e. The number of hydrogen-bond donors (Lipinski definition) is 3. The molecule has 0 radical (unpaired) electrons. The van der Waals surface area contributed by atoms with Crippen LogP contribution in [0.5, 0.6) is 11.5 Å². The van der Waals surface area contributed by atoms with Gasteiger partial charge in [-0.15, -0.1) is 0 Å². The highest BCUT2D eigenvalue weighted by Crippen LogP contribution is 2.40. The number of ether oxygens (including phenoxy) is 1. The Morgan fingerprint density at radius 2 is 2.23 bits per heavy atom. The van der Waals surface area contributed by atoms with E-state index in [0.717, 1.165) is 5.56 Å². The summed E-state index contributed by atoms with van der Waals surface area (Å²) in [6.45, 7) is 7.66. The van der Waals surface area contributed by atoms with Gasteiger partial charge in [-0.1, -0.05) is 6.58 Å². The third-order valence-electron chi connectivity index (χ3n) is 3.42. The lowest BCUT2D eigenvalue weighted by Crippen LogP contribution is -2.50. The summed E-state index contributed by atoms with van der Waals surface area (Å²) < 4.78 is 5.93. The molecule has 2 atom stereocenters. The number of halogens is 1. The molecule has 0 bridgehead atoms. The number of benzene rings is 1. The molecule has 2 unspecified atom stereocenters. The third kappa shape index (κ3) is 3.25. The minimum atomic E-state index is -0.461. The molecule has 1 saturated heterocycles. The van der Waals surface area contributed by atoms with Crippen molar-refractivity contribution in [1.29, 1.82) is 0 Å². The largest absolute Gasteiger partial charge is 0.503 e. The zero-order valence-corrected chi connectivity index (χ0v) is 14.7. The maximum Gasteiger partial charge on any atom is 0.172 e. The number of aromatic hydroxyl groups is 1. The minimum Gasteiger partial charge on any atom is -0.503 e. The molecule has 2 rings (SSSR count). The van der Waals surface area contributed by atoms with E-state index >= 15 is 0 Å². The standard InChI is InChI=1S/C15H17BrN2O3S/c1-4-21-11-6-9(5-10(16)14(11)20)13-12(8(3)19)7(2)17-15(22)18-13/h5-6,12-13,20H,2,4H2,1,3H3,(H2,17,18,22). The summed E-state index contributed by atoms with van der Waals surface area (Å²) in [5, 5.41) is 16.4. The summed E-state index contributed by atoms with van der Waals surface area (Å²) in [6.07, 6.45) is 0. The van der Waals surface area contributed by atoms with E-state index in [1.54, 1.807) is 12.1 Å². The first kappa shape index (κ1) is 16.8. The van der Waals surface area contributed by atoms with E-state index in [0.29, 0.717) is 27.6 Å². The van der Waals surface area contributed by atoms with Gasteiger partial charge in [-0.05, 0) is 59.7 Å². The normalized spacial score (nSPS) is 21.0. The molecule has 7 heteroatoms. The highest BCUT2D eigenvalue weighted by Gasteiger charge is 2.35. The molecule has 1 heterocycles. The number of rotatable bonds is 4. The Labute approximate surface area is 142 Å². The lowest BCUT2D eigenvalue weighted by molar-refractivity contribution is -0.120. The first-order valence-corrected chi connectivity index (χ1v) is 7.97. The fraction of sp³-hybridized carbons (Fsp3) is 0.333. The van der Waals surface area contributed by atoms with Crippen LogP contribution in [-0.4, -0.2) is 22.6 Å². The molecule has 0 aliphatic carbocycles. The molecule has 0 spiro atoms. The van der Waals surface area contributed by atoms with Gasteiger partial charge < -0.3 is 20.5 Å². The zero-order valence-electron chi connectivity index (χ0n) is 12.3. The molecule has 1 aliphatic heterocycles. The zero-order chi connectivity index (χ0) is 16.4. The molecule has 0 aromatic heterocycles. The molecule has 1 fully saturated rings. The van der Waals surface area contributed by atoms with Gasteiger partial charge in [-0.25, -0.2) is 0 Å². The minimum absolute atomic E-state index is 0.0281. The van der Waals surface area contributed by atoms with Crippen molar-refractivity contribution in [1.82, 2.24) is 10.6 Å². The van der Waals surface area contributed by atoms with Crippen molar-refractivity contribution in [3.05, 3.63) is 34.4 Å². The van der Waals surface area contributed by atoms with Gasteiger partial charge in [-0.3, -0.25) is 4.79 Å². The van der Waals surface area contributed by atoms with Gasteiger partial charge in [0, 0.05) is 5.70 Å². The number of ketones is 1. The van der Waals surface area contributed by atoms with Gasteiger partial charge in [0.15, 0.2) is 16.6 Å². The molecule has 0 saturated carbocycles. The third-order valence-corrected chi connectivity index (χ3v) is 4.24. The molecule has 1 aliphatic rings. The van der Waals surface area contributed by atoms with Crippen LogP contribution >= 0.6 is 28.1 Å².